The van der Waals surface area contributed by atoms with Crippen LogP contribution in [0, 0.1) is 24.2 Å². The van der Waals surface area contributed by atoms with Crippen molar-refractivity contribution in [3.05, 3.63) is 23.3 Å². The van der Waals surface area contributed by atoms with Gasteiger partial charge >= 0.3 is 0 Å². The molecule has 0 saturated heterocycles. The van der Waals surface area contributed by atoms with E-state index in [4.69, 9.17) is 9.47 Å². The highest BCUT2D eigenvalue weighted by atomic mass is 16.5. The summed E-state index contributed by atoms with van der Waals surface area (Å²) >= 11 is 0. The molecule has 4 fully saturated rings. The minimum atomic E-state index is -0.511. The highest BCUT2D eigenvalue weighted by molar-refractivity contribution is 5.77. The summed E-state index contributed by atoms with van der Waals surface area (Å²) in [4.78, 5) is 14.9. The maximum Gasteiger partial charge on any atom is 0.223 e. The van der Waals surface area contributed by atoms with Crippen molar-refractivity contribution in [3.8, 4) is 11.5 Å². The smallest absolute Gasteiger partial charge is 0.223 e. The molecule has 5 nitrogen and oxygen atoms in total. The van der Waals surface area contributed by atoms with E-state index in [-0.39, 0.29) is 11.3 Å². The summed E-state index contributed by atoms with van der Waals surface area (Å²) in [6, 6.07) is 3.92. The molecule has 0 radical (unpaired) electrons. The van der Waals surface area contributed by atoms with Crippen LogP contribution in [0.3, 0.4) is 0 Å². The first-order valence-electron chi connectivity index (χ1n) is 10.4. The number of carbonyl (C=O) groups excluding carboxylic acids is 1. The maximum atomic E-state index is 13.1. The number of hydrogen-bond donors (Lipinski definition) is 1. The molecule has 5 rings (SSSR count). The van der Waals surface area contributed by atoms with Crippen LogP contribution in [-0.4, -0.2) is 42.8 Å². The third-order valence-electron chi connectivity index (χ3n) is 7.35. The van der Waals surface area contributed by atoms with E-state index in [0.29, 0.717) is 36.3 Å². The number of benzene rings is 1. The lowest BCUT2D eigenvalue weighted by Gasteiger charge is -2.60. The second-order valence-corrected chi connectivity index (χ2v) is 9.75. The first kappa shape index (κ1) is 19.6. The van der Waals surface area contributed by atoms with Crippen molar-refractivity contribution >= 4 is 5.91 Å². The van der Waals surface area contributed by atoms with Gasteiger partial charge in [-0.3, -0.25) is 4.79 Å². The Morgan fingerprint density at radius 2 is 1.75 bits per heavy atom. The highest BCUT2D eigenvalue weighted by Gasteiger charge is 2.57. The van der Waals surface area contributed by atoms with Crippen molar-refractivity contribution in [1.29, 1.82) is 0 Å². The van der Waals surface area contributed by atoms with Gasteiger partial charge in [0.25, 0.3) is 0 Å². The number of nitrogens with zero attached hydrogens (tertiary/aromatic N) is 1. The van der Waals surface area contributed by atoms with Gasteiger partial charge in [0.1, 0.15) is 0 Å². The van der Waals surface area contributed by atoms with Crippen molar-refractivity contribution in [2.24, 2.45) is 17.3 Å². The van der Waals surface area contributed by atoms with Gasteiger partial charge in [-0.15, -0.1) is 0 Å². The SMILES string of the molecule is COc1cc(C)c(CN(C)C(=O)CC23C[C@@H]4C[C@@H](CC(O)(C4)C2)C3)cc1OC. The summed E-state index contributed by atoms with van der Waals surface area (Å²) in [5, 5.41) is 10.9. The molecule has 0 aromatic heterocycles. The maximum absolute atomic E-state index is 13.1. The van der Waals surface area contributed by atoms with E-state index in [2.05, 4.69) is 0 Å². The van der Waals surface area contributed by atoms with Crippen molar-refractivity contribution in [1.82, 2.24) is 4.90 Å². The summed E-state index contributed by atoms with van der Waals surface area (Å²) in [6.07, 6.45) is 6.73. The van der Waals surface area contributed by atoms with Crippen LogP contribution in [0.2, 0.25) is 0 Å². The van der Waals surface area contributed by atoms with Crippen LogP contribution in [0.25, 0.3) is 0 Å². The number of ether oxygens (including phenoxy) is 2. The Morgan fingerprint density at radius 1 is 1.14 bits per heavy atom. The summed E-state index contributed by atoms with van der Waals surface area (Å²) in [5.74, 6) is 2.79. The molecular formula is C23H33NO4. The van der Waals surface area contributed by atoms with E-state index < -0.39 is 5.60 Å². The standard InChI is InChI=1S/C23H33NO4/c1-15-5-19(27-3)20(28-4)7-18(15)13-24(2)21(25)12-22-8-16-6-17(9-22)11-23(26,10-16)14-22/h5,7,16-17,26H,6,8-14H2,1-4H3/t16-,17+,22?,23?. The molecule has 5 heteroatoms. The first-order valence-corrected chi connectivity index (χ1v) is 10.4. The second-order valence-electron chi connectivity index (χ2n) is 9.75. The van der Waals surface area contributed by atoms with Crippen molar-refractivity contribution in [2.45, 2.75) is 64.0 Å². The Morgan fingerprint density at radius 3 is 2.32 bits per heavy atom. The summed E-state index contributed by atoms with van der Waals surface area (Å²) in [7, 11) is 5.14. The predicted molar refractivity (Wildman–Crippen MR) is 107 cm³/mol. The molecular weight excluding hydrogens is 354 g/mol. The van der Waals surface area contributed by atoms with Crippen LogP contribution in [0.5, 0.6) is 11.5 Å². The normalized spacial score (nSPS) is 33.0. The molecule has 0 spiro atoms. The van der Waals surface area contributed by atoms with Gasteiger partial charge in [0.15, 0.2) is 11.5 Å². The minimum absolute atomic E-state index is 0.0107. The average molecular weight is 388 g/mol. The number of aryl methyl sites for hydroxylation is 1. The van der Waals surface area contributed by atoms with Crippen LogP contribution in [-0.2, 0) is 11.3 Å². The Balaban J connectivity index is 1.46. The molecule has 0 aliphatic heterocycles. The molecule has 1 aromatic carbocycles. The van der Waals surface area contributed by atoms with Gasteiger partial charge < -0.3 is 19.5 Å². The van der Waals surface area contributed by atoms with E-state index in [1.54, 1.807) is 14.2 Å². The highest BCUT2D eigenvalue weighted by Crippen LogP contribution is 2.62. The molecule has 4 atom stereocenters. The van der Waals surface area contributed by atoms with Crippen LogP contribution in [0.4, 0.5) is 0 Å². The minimum Gasteiger partial charge on any atom is -0.493 e. The number of methoxy groups -OCH3 is 2. The lowest BCUT2D eigenvalue weighted by atomic mass is 9.47. The zero-order valence-electron chi connectivity index (χ0n) is 17.6. The summed E-state index contributed by atoms with van der Waals surface area (Å²) in [6.45, 7) is 2.59. The van der Waals surface area contributed by atoms with E-state index in [0.717, 1.165) is 43.2 Å². The topological polar surface area (TPSA) is 59.0 Å². The third kappa shape index (κ3) is 3.49. The molecule has 28 heavy (non-hydrogen) atoms. The molecule has 4 aliphatic rings. The predicted octanol–water partition coefficient (Wildman–Crippen LogP) is 3.69. The van der Waals surface area contributed by atoms with Crippen LogP contribution in [0.15, 0.2) is 12.1 Å². The van der Waals surface area contributed by atoms with Gasteiger partial charge in [0, 0.05) is 20.0 Å². The number of amides is 1. The van der Waals surface area contributed by atoms with E-state index in [1.807, 2.05) is 31.0 Å². The zero-order chi connectivity index (χ0) is 20.1. The van der Waals surface area contributed by atoms with Gasteiger partial charge in [-0.25, -0.2) is 0 Å². The monoisotopic (exact) mass is 387 g/mol. The Hall–Kier alpha value is -1.75. The van der Waals surface area contributed by atoms with E-state index in [1.165, 1.54) is 6.42 Å². The largest absolute Gasteiger partial charge is 0.493 e. The van der Waals surface area contributed by atoms with E-state index >= 15 is 0 Å². The van der Waals surface area contributed by atoms with Gasteiger partial charge in [-0.1, -0.05) is 0 Å². The first-order chi connectivity index (χ1) is 13.2. The second kappa shape index (κ2) is 6.94. The quantitative estimate of drug-likeness (QED) is 0.809. The van der Waals surface area contributed by atoms with Gasteiger partial charge in [-0.05, 0) is 86.0 Å². The fourth-order valence-electron chi connectivity index (χ4n) is 6.60. The summed E-state index contributed by atoms with van der Waals surface area (Å²) in [5.41, 5.74) is 1.65. The molecule has 4 saturated carbocycles. The molecule has 1 N–H and O–H groups in total. The number of rotatable bonds is 6. The fraction of sp³-hybridized carbons (Fsp3) is 0.696. The molecule has 2 unspecified atom stereocenters. The van der Waals surface area contributed by atoms with Crippen molar-refractivity contribution in [2.75, 3.05) is 21.3 Å². The molecule has 1 amide bonds. The number of hydrogen-bond acceptors (Lipinski definition) is 4. The fourth-order valence-corrected chi connectivity index (χ4v) is 6.60. The Labute approximate surface area is 168 Å². The van der Waals surface area contributed by atoms with Crippen LogP contribution in [0.1, 0.15) is 56.1 Å². The van der Waals surface area contributed by atoms with E-state index in [9.17, 15) is 9.90 Å². The molecule has 1 aromatic rings. The lowest BCUT2D eigenvalue weighted by molar-refractivity contribution is -0.171. The van der Waals surface area contributed by atoms with Gasteiger partial charge in [0.2, 0.25) is 5.91 Å². The van der Waals surface area contributed by atoms with Gasteiger partial charge in [0.05, 0.1) is 19.8 Å². The average Bonchev–Trinajstić information content (AvgIpc) is 2.60. The van der Waals surface area contributed by atoms with Crippen molar-refractivity contribution in [3.63, 3.8) is 0 Å². The molecule has 0 heterocycles. The molecule has 154 valence electrons. The van der Waals surface area contributed by atoms with Gasteiger partial charge in [-0.2, -0.15) is 0 Å². The number of aliphatic hydroxyl groups is 1. The Bertz CT molecular complexity index is 760. The lowest BCUT2D eigenvalue weighted by Crippen LogP contribution is -2.56. The zero-order valence-corrected chi connectivity index (χ0v) is 17.6. The van der Waals surface area contributed by atoms with Crippen LogP contribution >= 0.6 is 0 Å². The van der Waals surface area contributed by atoms with Crippen molar-refractivity contribution < 1.29 is 19.4 Å². The Kier molecular flexibility index (Phi) is 4.85. The summed E-state index contributed by atoms with van der Waals surface area (Å²) < 4.78 is 10.8. The number of carbonyl (C=O) groups is 1. The van der Waals surface area contributed by atoms with Crippen LogP contribution < -0.4 is 9.47 Å². The molecule has 4 bridgehead atoms. The molecule has 4 aliphatic carbocycles. The third-order valence-corrected chi connectivity index (χ3v) is 7.35.